The van der Waals surface area contributed by atoms with Gasteiger partial charge in [-0.1, -0.05) is 15.9 Å². The molecule has 15 heavy (non-hydrogen) atoms. The van der Waals surface area contributed by atoms with Crippen LogP contribution >= 0.6 is 15.9 Å². The summed E-state index contributed by atoms with van der Waals surface area (Å²) < 4.78 is 1.04. The first-order valence-corrected chi connectivity index (χ1v) is 5.63. The topological polar surface area (TPSA) is 44.9 Å². The van der Waals surface area contributed by atoms with E-state index in [-0.39, 0.29) is 5.91 Å². The summed E-state index contributed by atoms with van der Waals surface area (Å²) in [7, 11) is 0. The molecule has 0 bridgehead atoms. The number of rotatable bonds is 0. The van der Waals surface area contributed by atoms with Crippen LogP contribution in [0.25, 0.3) is 10.9 Å². The summed E-state index contributed by atoms with van der Waals surface area (Å²) in [5.74, 6) is 0.00331. The van der Waals surface area contributed by atoms with Gasteiger partial charge < -0.3 is 10.3 Å². The van der Waals surface area contributed by atoms with Crippen LogP contribution in [0.15, 0.2) is 22.7 Å². The van der Waals surface area contributed by atoms with Crippen LogP contribution in [0.2, 0.25) is 0 Å². The Balaban J connectivity index is 2.36. The van der Waals surface area contributed by atoms with E-state index in [0.29, 0.717) is 5.69 Å². The van der Waals surface area contributed by atoms with Crippen molar-refractivity contribution < 1.29 is 4.79 Å². The Kier molecular flexibility index (Phi) is 1.85. The van der Waals surface area contributed by atoms with Gasteiger partial charge in [0, 0.05) is 21.9 Å². The molecule has 1 aliphatic heterocycles. The first kappa shape index (κ1) is 8.97. The highest BCUT2D eigenvalue weighted by Gasteiger charge is 2.21. The minimum atomic E-state index is 0.00331. The van der Waals surface area contributed by atoms with Crippen LogP contribution < -0.4 is 5.32 Å². The van der Waals surface area contributed by atoms with E-state index in [0.717, 1.165) is 33.9 Å². The third kappa shape index (κ3) is 1.28. The van der Waals surface area contributed by atoms with Gasteiger partial charge in [0.2, 0.25) is 0 Å². The van der Waals surface area contributed by atoms with Crippen molar-refractivity contribution in [2.24, 2.45) is 0 Å². The van der Waals surface area contributed by atoms with E-state index in [1.807, 2.05) is 12.1 Å². The molecular formula is C11H9BrN2O. The van der Waals surface area contributed by atoms with Crippen LogP contribution in [0.1, 0.15) is 16.1 Å². The zero-order valence-electron chi connectivity index (χ0n) is 7.93. The van der Waals surface area contributed by atoms with Crippen LogP contribution in [0.5, 0.6) is 0 Å². The van der Waals surface area contributed by atoms with Crippen LogP contribution in [0.3, 0.4) is 0 Å². The van der Waals surface area contributed by atoms with Crippen molar-refractivity contribution in [3.8, 4) is 0 Å². The first-order valence-electron chi connectivity index (χ1n) is 4.84. The Bertz CT molecular complexity index is 559. The third-order valence-corrected chi connectivity index (χ3v) is 3.25. The van der Waals surface area contributed by atoms with Crippen LogP contribution in [-0.2, 0) is 6.42 Å². The summed E-state index contributed by atoms with van der Waals surface area (Å²) in [6.45, 7) is 0.727. The molecule has 76 valence electrons. The molecule has 2 N–H and O–H groups in total. The number of aromatic nitrogens is 1. The number of H-pyrrole nitrogens is 1. The van der Waals surface area contributed by atoms with E-state index in [4.69, 9.17) is 0 Å². The number of amides is 1. The number of carbonyl (C=O) groups is 1. The quantitative estimate of drug-likeness (QED) is 0.753. The van der Waals surface area contributed by atoms with E-state index in [2.05, 4.69) is 32.3 Å². The average Bonchev–Trinajstić information content (AvgIpc) is 2.58. The molecule has 0 atom stereocenters. The van der Waals surface area contributed by atoms with Gasteiger partial charge in [0.25, 0.3) is 5.91 Å². The van der Waals surface area contributed by atoms with Crippen molar-refractivity contribution in [2.75, 3.05) is 6.54 Å². The number of hydrogen-bond donors (Lipinski definition) is 2. The van der Waals surface area contributed by atoms with Gasteiger partial charge in [-0.05, 0) is 30.2 Å². The molecule has 1 aliphatic rings. The minimum absolute atomic E-state index is 0.00331. The molecule has 0 saturated heterocycles. The van der Waals surface area contributed by atoms with Crippen molar-refractivity contribution in [1.29, 1.82) is 0 Å². The molecule has 0 saturated carbocycles. The summed E-state index contributed by atoms with van der Waals surface area (Å²) in [5, 5.41) is 3.98. The SMILES string of the molecule is O=C1NCCc2c1[nH]c1ccc(Br)cc21. The Morgan fingerprint density at radius 2 is 2.20 bits per heavy atom. The van der Waals surface area contributed by atoms with E-state index in [1.54, 1.807) is 0 Å². The van der Waals surface area contributed by atoms with Crippen LogP contribution in [-0.4, -0.2) is 17.4 Å². The molecule has 0 radical (unpaired) electrons. The summed E-state index contributed by atoms with van der Waals surface area (Å²) in [6.07, 6.45) is 0.900. The van der Waals surface area contributed by atoms with Crippen molar-refractivity contribution in [3.05, 3.63) is 33.9 Å². The van der Waals surface area contributed by atoms with E-state index in [9.17, 15) is 4.79 Å². The third-order valence-electron chi connectivity index (χ3n) is 2.76. The minimum Gasteiger partial charge on any atom is -0.350 e. The Morgan fingerprint density at radius 1 is 1.33 bits per heavy atom. The second-order valence-electron chi connectivity index (χ2n) is 3.67. The van der Waals surface area contributed by atoms with Gasteiger partial charge in [-0.25, -0.2) is 0 Å². The lowest BCUT2D eigenvalue weighted by molar-refractivity contribution is 0.0942. The molecule has 3 rings (SSSR count). The monoisotopic (exact) mass is 264 g/mol. The zero-order valence-corrected chi connectivity index (χ0v) is 9.52. The molecular weight excluding hydrogens is 256 g/mol. The maximum Gasteiger partial charge on any atom is 0.268 e. The molecule has 2 aromatic rings. The molecule has 0 unspecified atom stereocenters. The predicted octanol–water partition coefficient (Wildman–Crippen LogP) is 2.22. The Hall–Kier alpha value is -1.29. The fourth-order valence-corrected chi connectivity index (χ4v) is 2.42. The van der Waals surface area contributed by atoms with Crippen molar-refractivity contribution in [1.82, 2.24) is 10.3 Å². The zero-order chi connectivity index (χ0) is 10.4. The molecule has 0 fully saturated rings. The molecule has 2 heterocycles. The maximum atomic E-state index is 11.6. The molecule has 1 amide bonds. The summed E-state index contributed by atoms with van der Waals surface area (Å²) >= 11 is 3.45. The smallest absolute Gasteiger partial charge is 0.268 e. The first-order chi connectivity index (χ1) is 7.25. The van der Waals surface area contributed by atoms with Crippen molar-refractivity contribution >= 4 is 32.7 Å². The van der Waals surface area contributed by atoms with Crippen molar-refractivity contribution in [3.63, 3.8) is 0 Å². The maximum absolute atomic E-state index is 11.6. The highest BCUT2D eigenvalue weighted by molar-refractivity contribution is 9.10. The average molecular weight is 265 g/mol. The summed E-state index contributed by atoms with van der Waals surface area (Å²) in [6, 6.07) is 6.02. The molecule has 0 aliphatic carbocycles. The lowest BCUT2D eigenvalue weighted by Crippen LogP contribution is -2.31. The van der Waals surface area contributed by atoms with Gasteiger partial charge in [0.15, 0.2) is 0 Å². The van der Waals surface area contributed by atoms with Gasteiger partial charge in [0.05, 0.1) is 0 Å². The van der Waals surface area contributed by atoms with E-state index < -0.39 is 0 Å². The van der Waals surface area contributed by atoms with Gasteiger partial charge in [-0.2, -0.15) is 0 Å². The molecule has 1 aromatic heterocycles. The standard InChI is InChI=1S/C11H9BrN2O/c12-6-1-2-9-8(5-6)7-3-4-13-11(15)10(7)14-9/h1-2,5,14H,3-4H2,(H,13,15). The number of fused-ring (bicyclic) bond motifs is 3. The number of hydrogen-bond acceptors (Lipinski definition) is 1. The fraction of sp³-hybridized carbons (Fsp3) is 0.182. The Morgan fingerprint density at radius 3 is 3.07 bits per heavy atom. The second kappa shape index (κ2) is 3.10. The molecule has 0 spiro atoms. The number of benzene rings is 1. The van der Waals surface area contributed by atoms with Gasteiger partial charge in [-0.3, -0.25) is 4.79 Å². The lowest BCUT2D eigenvalue weighted by atomic mass is 10.0. The largest absolute Gasteiger partial charge is 0.350 e. The molecule has 4 heteroatoms. The highest BCUT2D eigenvalue weighted by atomic mass is 79.9. The predicted molar refractivity (Wildman–Crippen MR) is 62.0 cm³/mol. The number of halogens is 1. The number of nitrogens with one attached hydrogen (secondary N) is 2. The van der Waals surface area contributed by atoms with Gasteiger partial charge in [0.1, 0.15) is 5.69 Å². The van der Waals surface area contributed by atoms with Crippen molar-refractivity contribution in [2.45, 2.75) is 6.42 Å². The summed E-state index contributed by atoms with van der Waals surface area (Å²) in [4.78, 5) is 14.7. The second-order valence-corrected chi connectivity index (χ2v) is 4.59. The highest BCUT2D eigenvalue weighted by Crippen LogP contribution is 2.27. The number of carbonyl (C=O) groups excluding carboxylic acids is 1. The van der Waals surface area contributed by atoms with Crippen LogP contribution in [0, 0.1) is 0 Å². The van der Waals surface area contributed by atoms with Gasteiger partial charge in [-0.15, -0.1) is 0 Å². The normalized spacial score (nSPS) is 15.1. The van der Waals surface area contributed by atoms with Crippen LogP contribution in [0.4, 0.5) is 0 Å². The Labute approximate surface area is 95.0 Å². The summed E-state index contributed by atoms with van der Waals surface area (Å²) in [5.41, 5.74) is 2.88. The van der Waals surface area contributed by atoms with E-state index in [1.165, 1.54) is 0 Å². The fourth-order valence-electron chi connectivity index (χ4n) is 2.06. The van der Waals surface area contributed by atoms with E-state index >= 15 is 0 Å². The molecule has 3 nitrogen and oxygen atoms in total. The lowest BCUT2D eigenvalue weighted by Gasteiger charge is -2.11. The van der Waals surface area contributed by atoms with Gasteiger partial charge >= 0.3 is 0 Å². The number of aromatic amines is 1. The molecule has 1 aromatic carbocycles.